The van der Waals surface area contributed by atoms with E-state index in [1.54, 1.807) is 0 Å². The molecule has 4 heteroatoms. The summed E-state index contributed by atoms with van der Waals surface area (Å²) in [5.74, 6) is 0. The molecule has 0 heterocycles. The van der Waals surface area contributed by atoms with Gasteiger partial charge in [-0.15, -0.1) is 0 Å². The summed E-state index contributed by atoms with van der Waals surface area (Å²) in [6, 6.07) is 0. The highest BCUT2D eigenvalue weighted by molar-refractivity contribution is 5.59. The maximum Gasteiger partial charge on any atom is 0.508 e. The van der Waals surface area contributed by atoms with Crippen LogP contribution in [0.4, 0.5) is 4.79 Å². The first-order valence-corrected chi connectivity index (χ1v) is 4.10. The van der Waals surface area contributed by atoms with Crippen LogP contribution in [0.3, 0.4) is 0 Å². The number of ether oxygens (including phenoxy) is 2. The molecule has 0 saturated carbocycles. The number of hydrogen-bond acceptors (Lipinski definition) is 4. The highest BCUT2D eigenvalue weighted by Gasteiger charge is 1.98. The Kier molecular flexibility index (Phi) is 7.79. The quantitative estimate of drug-likeness (QED) is 0.489. The van der Waals surface area contributed by atoms with Crippen LogP contribution >= 0.6 is 0 Å². The molecule has 0 amide bonds. The minimum Gasteiger partial charge on any atom is -0.434 e. The lowest BCUT2D eigenvalue weighted by Crippen LogP contribution is -2.04. The Labute approximate surface area is 73.0 Å². The highest BCUT2D eigenvalue weighted by atomic mass is 16.7. The van der Waals surface area contributed by atoms with Crippen molar-refractivity contribution in [1.82, 2.24) is 0 Å². The molecule has 0 bridgehead atoms. The Morgan fingerprint density at radius 3 is 2.50 bits per heavy atom. The number of rotatable bonds is 6. The van der Waals surface area contributed by atoms with E-state index in [4.69, 9.17) is 5.73 Å². The molecule has 2 N–H and O–H groups in total. The molecule has 0 spiro atoms. The molecule has 12 heavy (non-hydrogen) atoms. The molecule has 0 aliphatic rings. The third-order valence-electron chi connectivity index (χ3n) is 1.44. The summed E-state index contributed by atoms with van der Waals surface area (Å²) >= 11 is 0. The minimum absolute atomic E-state index is 0.402. The van der Waals surface area contributed by atoms with Crippen LogP contribution in [0, 0.1) is 7.11 Å². The molecule has 0 aromatic rings. The smallest absolute Gasteiger partial charge is 0.434 e. The SMILES string of the molecule is [CH2]OC(=O)OCCCCCCN. The van der Waals surface area contributed by atoms with Gasteiger partial charge in [-0.1, -0.05) is 12.8 Å². The maximum absolute atomic E-state index is 10.4. The van der Waals surface area contributed by atoms with Gasteiger partial charge < -0.3 is 15.2 Å². The Morgan fingerprint density at radius 1 is 1.25 bits per heavy atom. The molecule has 0 rings (SSSR count). The van der Waals surface area contributed by atoms with E-state index in [2.05, 4.69) is 16.6 Å². The molecule has 0 unspecified atom stereocenters. The van der Waals surface area contributed by atoms with Crippen LogP contribution in [0.15, 0.2) is 0 Å². The van der Waals surface area contributed by atoms with Crippen LogP contribution in [-0.4, -0.2) is 19.3 Å². The first-order chi connectivity index (χ1) is 5.81. The molecule has 0 fully saturated rings. The topological polar surface area (TPSA) is 61.5 Å². The van der Waals surface area contributed by atoms with Crippen LogP contribution in [0.2, 0.25) is 0 Å². The molecule has 1 radical (unpaired) electrons. The van der Waals surface area contributed by atoms with Crippen molar-refractivity contribution in [2.45, 2.75) is 25.7 Å². The summed E-state index contributed by atoms with van der Waals surface area (Å²) < 4.78 is 8.66. The molecule has 0 aromatic heterocycles. The molecule has 0 saturated heterocycles. The average Bonchev–Trinajstić information content (AvgIpc) is 2.10. The lowest BCUT2D eigenvalue weighted by atomic mass is 10.2. The van der Waals surface area contributed by atoms with E-state index >= 15 is 0 Å². The van der Waals surface area contributed by atoms with Crippen molar-refractivity contribution in [3.63, 3.8) is 0 Å². The molecular weight excluding hydrogens is 158 g/mol. The monoisotopic (exact) mass is 174 g/mol. The number of hydrogen-bond donors (Lipinski definition) is 1. The Hall–Kier alpha value is -0.770. The van der Waals surface area contributed by atoms with Crippen molar-refractivity contribution in [2.75, 3.05) is 13.2 Å². The fraction of sp³-hybridized carbons (Fsp3) is 0.750. The normalized spacial score (nSPS) is 9.50. The molecule has 0 atom stereocenters. The summed E-state index contributed by atoms with van der Waals surface area (Å²) in [6.07, 6.45) is 3.28. The molecule has 4 nitrogen and oxygen atoms in total. The third-order valence-corrected chi connectivity index (χ3v) is 1.44. The minimum atomic E-state index is -0.714. The van der Waals surface area contributed by atoms with Crippen molar-refractivity contribution in [1.29, 1.82) is 0 Å². The summed E-state index contributed by atoms with van der Waals surface area (Å²) in [6.45, 7) is 1.13. The number of unbranched alkanes of at least 4 members (excludes halogenated alkanes) is 3. The van der Waals surface area contributed by atoms with Crippen molar-refractivity contribution >= 4 is 6.16 Å². The lowest BCUT2D eigenvalue weighted by molar-refractivity contribution is 0.0814. The van der Waals surface area contributed by atoms with Crippen LogP contribution < -0.4 is 5.73 Å². The fourth-order valence-electron chi connectivity index (χ4n) is 0.797. The Bertz CT molecular complexity index is 117. The van der Waals surface area contributed by atoms with E-state index in [-0.39, 0.29) is 0 Å². The van der Waals surface area contributed by atoms with Crippen LogP contribution in [0.25, 0.3) is 0 Å². The summed E-state index contributed by atoms with van der Waals surface area (Å²) in [5.41, 5.74) is 5.30. The second-order valence-electron chi connectivity index (χ2n) is 2.45. The molecular formula is C8H16NO3. The predicted octanol–water partition coefficient (Wildman–Crippen LogP) is 1.45. The van der Waals surface area contributed by atoms with Crippen molar-refractivity contribution in [3.8, 4) is 0 Å². The number of carbonyl (C=O) groups is 1. The third kappa shape index (κ3) is 7.34. The Balaban J connectivity index is 2.95. The Morgan fingerprint density at radius 2 is 1.92 bits per heavy atom. The summed E-state index contributed by atoms with van der Waals surface area (Å²) in [4.78, 5) is 10.4. The van der Waals surface area contributed by atoms with Gasteiger partial charge in [-0.3, -0.25) is 0 Å². The van der Waals surface area contributed by atoms with Crippen molar-refractivity contribution in [2.24, 2.45) is 5.73 Å². The van der Waals surface area contributed by atoms with Gasteiger partial charge in [-0.05, 0) is 19.4 Å². The number of nitrogens with two attached hydrogens (primary N) is 1. The van der Waals surface area contributed by atoms with E-state index in [1.165, 1.54) is 0 Å². The van der Waals surface area contributed by atoms with Gasteiger partial charge in [0.15, 0.2) is 0 Å². The summed E-state index contributed by atoms with van der Waals surface area (Å²) in [7, 11) is 2.92. The van der Waals surface area contributed by atoms with Crippen LogP contribution in [-0.2, 0) is 9.47 Å². The fourth-order valence-corrected chi connectivity index (χ4v) is 0.797. The van der Waals surface area contributed by atoms with Crippen molar-refractivity contribution < 1.29 is 14.3 Å². The first-order valence-electron chi connectivity index (χ1n) is 4.10. The first kappa shape index (κ1) is 11.2. The van der Waals surface area contributed by atoms with Gasteiger partial charge in [-0.25, -0.2) is 4.79 Å². The van der Waals surface area contributed by atoms with E-state index in [0.717, 1.165) is 32.2 Å². The van der Waals surface area contributed by atoms with Crippen molar-refractivity contribution in [3.05, 3.63) is 7.11 Å². The van der Waals surface area contributed by atoms with Gasteiger partial charge in [0, 0.05) is 0 Å². The van der Waals surface area contributed by atoms with Gasteiger partial charge in [0.25, 0.3) is 0 Å². The second kappa shape index (κ2) is 8.33. The second-order valence-corrected chi connectivity index (χ2v) is 2.45. The van der Waals surface area contributed by atoms with Crippen LogP contribution in [0.1, 0.15) is 25.7 Å². The molecule has 71 valence electrons. The largest absolute Gasteiger partial charge is 0.508 e. The van der Waals surface area contributed by atoms with Gasteiger partial charge in [-0.2, -0.15) is 0 Å². The highest BCUT2D eigenvalue weighted by Crippen LogP contribution is 1.99. The average molecular weight is 174 g/mol. The maximum atomic E-state index is 10.4. The van der Waals surface area contributed by atoms with Crippen LogP contribution in [0.5, 0.6) is 0 Å². The zero-order valence-corrected chi connectivity index (χ0v) is 7.25. The van der Waals surface area contributed by atoms with Gasteiger partial charge >= 0.3 is 6.16 Å². The zero-order chi connectivity index (χ0) is 9.23. The van der Waals surface area contributed by atoms with E-state index in [0.29, 0.717) is 6.61 Å². The predicted molar refractivity (Wildman–Crippen MR) is 45.3 cm³/mol. The van der Waals surface area contributed by atoms with Gasteiger partial charge in [0.1, 0.15) is 7.11 Å². The van der Waals surface area contributed by atoms with E-state index < -0.39 is 6.16 Å². The zero-order valence-electron chi connectivity index (χ0n) is 7.25. The molecule has 0 aliphatic heterocycles. The summed E-state index contributed by atoms with van der Waals surface area (Å²) in [5, 5.41) is 0. The lowest BCUT2D eigenvalue weighted by Gasteiger charge is -2.01. The number of carbonyl (C=O) groups excluding carboxylic acids is 1. The van der Waals surface area contributed by atoms with Gasteiger partial charge in [0.05, 0.1) is 6.61 Å². The molecule has 0 aromatic carbocycles. The van der Waals surface area contributed by atoms with E-state index in [9.17, 15) is 4.79 Å². The molecule has 0 aliphatic carbocycles. The van der Waals surface area contributed by atoms with Gasteiger partial charge in [0.2, 0.25) is 0 Å². The standard InChI is InChI=1S/C8H16NO3/c1-11-8(10)12-7-5-3-2-4-6-9/h1-7,9H2. The van der Waals surface area contributed by atoms with E-state index in [1.807, 2.05) is 0 Å².